The van der Waals surface area contributed by atoms with Crippen LogP contribution >= 0.6 is 11.6 Å². The monoisotopic (exact) mass is 306 g/mol. The summed E-state index contributed by atoms with van der Waals surface area (Å²) in [7, 11) is 0. The smallest absolute Gasteiger partial charge is 0.159 e. The van der Waals surface area contributed by atoms with Crippen LogP contribution in [-0.4, -0.2) is 54.0 Å². The quantitative estimate of drug-likeness (QED) is 0.940. The van der Waals surface area contributed by atoms with E-state index in [1.807, 2.05) is 24.3 Å². The Kier molecular flexibility index (Phi) is 4.53. The van der Waals surface area contributed by atoms with Gasteiger partial charge < -0.3 is 10.1 Å². The molecule has 2 aromatic rings. The molecule has 0 aliphatic carbocycles. The fourth-order valence-electron chi connectivity index (χ4n) is 2.63. The molecule has 1 atom stereocenters. The van der Waals surface area contributed by atoms with E-state index in [1.54, 1.807) is 0 Å². The average molecular weight is 307 g/mol. The first-order chi connectivity index (χ1) is 10.2. The molecule has 1 aromatic heterocycles. The lowest BCUT2D eigenvalue weighted by atomic mass is 10.2. The van der Waals surface area contributed by atoms with E-state index in [2.05, 4.69) is 27.3 Å². The standard InChI is InChI=1S/C15H19ClN4O/c1-11(10-20-6-8-21-9-7-20)17-15-13-5-3-2-4-12(13)14(16)18-19-15/h2-5,11H,6-10H2,1H3,(H,17,19). The summed E-state index contributed by atoms with van der Waals surface area (Å²) in [6.07, 6.45) is 0. The summed E-state index contributed by atoms with van der Waals surface area (Å²) in [5, 5.41) is 14.0. The van der Waals surface area contributed by atoms with Crippen molar-refractivity contribution >= 4 is 28.2 Å². The van der Waals surface area contributed by atoms with Crippen LogP contribution in [0.3, 0.4) is 0 Å². The van der Waals surface area contributed by atoms with E-state index in [0.29, 0.717) is 5.15 Å². The zero-order valence-corrected chi connectivity index (χ0v) is 12.8. The third-order valence-corrected chi connectivity index (χ3v) is 3.94. The van der Waals surface area contributed by atoms with E-state index in [1.165, 1.54) is 0 Å². The number of aromatic nitrogens is 2. The first-order valence-electron chi connectivity index (χ1n) is 7.21. The number of hydrogen-bond acceptors (Lipinski definition) is 5. The molecule has 1 N–H and O–H groups in total. The lowest BCUT2D eigenvalue weighted by Gasteiger charge is -2.29. The summed E-state index contributed by atoms with van der Waals surface area (Å²) in [4.78, 5) is 2.40. The van der Waals surface area contributed by atoms with Crippen molar-refractivity contribution in [3.8, 4) is 0 Å². The highest BCUT2D eigenvalue weighted by atomic mass is 35.5. The van der Waals surface area contributed by atoms with Crippen molar-refractivity contribution in [1.29, 1.82) is 0 Å². The van der Waals surface area contributed by atoms with E-state index < -0.39 is 0 Å². The first-order valence-corrected chi connectivity index (χ1v) is 7.59. The summed E-state index contributed by atoms with van der Waals surface area (Å²) < 4.78 is 5.37. The van der Waals surface area contributed by atoms with Crippen molar-refractivity contribution in [3.63, 3.8) is 0 Å². The van der Waals surface area contributed by atoms with Crippen molar-refractivity contribution in [2.45, 2.75) is 13.0 Å². The van der Waals surface area contributed by atoms with Crippen molar-refractivity contribution < 1.29 is 4.74 Å². The molecule has 21 heavy (non-hydrogen) atoms. The van der Waals surface area contributed by atoms with Gasteiger partial charge in [0.1, 0.15) is 0 Å². The number of morpholine rings is 1. The van der Waals surface area contributed by atoms with Gasteiger partial charge in [0.15, 0.2) is 11.0 Å². The second kappa shape index (κ2) is 6.56. The molecule has 112 valence electrons. The molecule has 0 bridgehead atoms. The highest BCUT2D eigenvalue weighted by Crippen LogP contribution is 2.25. The van der Waals surface area contributed by atoms with Crippen molar-refractivity contribution in [2.24, 2.45) is 0 Å². The number of anilines is 1. The SMILES string of the molecule is CC(CN1CCOCC1)Nc1nnc(Cl)c2ccccc12. The molecule has 2 heterocycles. The second-order valence-electron chi connectivity index (χ2n) is 5.34. The van der Waals surface area contributed by atoms with Gasteiger partial charge in [-0.15, -0.1) is 10.2 Å². The number of benzene rings is 1. The lowest BCUT2D eigenvalue weighted by molar-refractivity contribution is 0.0368. The van der Waals surface area contributed by atoms with Gasteiger partial charge in [-0.3, -0.25) is 4.90 Å². The van der Waals surface area contributed by atoms with Gasteiger partial charge in [0.25, 0.3) is 0 Å². The Hall–Kier alpha value is -1.43. The Balaban J connectivity index is 1.73. The van der Waals surface area contributed by atoms with Gasteiger partial charge in [-0.1, -0.05) is 35.9 Å². The maximum Gasteiger partial charge on any atom is 0.159 e. The number of ether oxygens (including phenoxy) is 1. The number of nitrogens with one attached hydrogen (secondary N) is 1. The summed E-state index contributed by atoms with van der Waals surface area (Å²) in [5.41, 5.74) is 0. The third-order valence-electron chi connectivity index (χ3n) is 3.66. The number of halogens is 1. The Morgan fingerprint density at radius 3 is 2.71 bits per heavy atom. The maximum atomic E-state index is 6.10. The topological polar surface area (TPSA) is 50.3 Å². The molecule has 1 aliphatic rings. The fourth-order valence-corrected chi connectivity index (χ4v) is 2.83. The molecule has 6 heteroatoms. The predicted molar refractivity (Wildman–Crippen MR) is 84.9 cm³/mol. The van der Waals surface area contributed by atoms with E-state index in [-0.39, 0.29) is 6.04 Å². The van der Waals surface area contributed by atoms with Gasteiger partial charge in [-0.05, 0) is 6.92 Å². The van der Waals surface area contributed by atoms with Crippen LogP contribution in [0.2, 0.25) is 5.15 Å². The average Bonchev–Trinajstić information content (AvgIpc) is 2.51. The van der Waals surface area contributed by atoms with E-state index in [4.69, 9.17) is 16.3 Å². The van der Waals surface area contributed by atoms with E-state index in [9.17, 15) is 0 Å². The molecule has 1 unspecified atom stereocenters. The number of rotatable bonds is 4. The summed E-state index contributed by atoms with van der Waals surface area (Å²) in [6.45, 7) is 6.72. The zero-order chi connectivity index (χ0) is 14.7. The van der Waals surface area contributed by atoms with E-state index in [0.717, 1.165) is 49.4 Å². The first kappa shape index (κ1) is 14.5. The molecule has 3 rings (SSSR count). The van der Waals surface area contributed by atoms with E-state index >= 15 is 0 Å². The van der Waals surface area contributed by atoms with Crippen LogP contribution in [-0.2, 0) is 4.74 Å². The Labute approximate surface area is 129 Å². The molecule has 0 radical (unpaired) electrons. The summed E-state index contributed by atoms with van der Waals surface area (Å²) >= 11 is 6.10. The molecular weight excluding hydrogens is 288 g/mol. The van der Waals surface area contributed by atoms with Gasteiger partial charge in [0.2, 0.25) is 0 Å². The third kappa shape index (κ3) is 3.43. The van der Waals surface area contributed by atoms with Crippen LogP contribution in [0, 0.1) is 0 Å². The highest BCUT2D eigenvalue weighted by Gasteiger charge is 2.15. The molecule has 0 amide bonds. The normalized spacial score (nSPS) is 17.8. The van der Waals surface area contributed by atoms with Gasteiger partial charge in [0, 0.05) is 36.4 Å². The van der Waals surface area contributed by atoms with Crippen LogP contribution in [0.25, 0.3) is 10.8 Å². The molecule has 5 nitrogen and oxygen atoms in total. The minimum absolute atomic E-state index is 0.280. The largest absolute Gasteiger partial charge is 0.379 e. The maximum absolute atomic E-state index is 6.10. The number of nitrogens with zero attached hydrogens (tertiary/aromatic N) is 3. The molecule has 1 aromatic carbocycles. The fraction of sp³-hybridized carbons (Fsp3) is 0.467. The van der Waals surface area contributed by atoms with Crippen molar-refractivity contribution in [2.75, 3.05) is 38.2 Å². The second-order valence-corrected chi connectivity index (χ2v) is 5.70. The Morgan fingerprint density at radius 1 is 1.24 bits per heavy atom. The van der Waals surface area contributed by atoms with Crippen molar-refractivity contribution in [1.82, 2.24) is 15.1 Å². The minimum atomic E-state index is 0.280. The Morgan fingerprint density at radius 2 is 1.95 bits per heavy atom. The van der Waals surface area contributed by atoms with Crippen LogP contribution in [0.5, 0.6) is 0 Å². The van der Waals surface area contributed by atoms with Gasteiger partial charge in [-0.25, -0.2) is 0 Å². The molecule has 0 spiro atoms. The van der Waals surface area contributed by atoms with Crippen molar-refractivity contribution in [3.05, 3.63) is 29.4 Å². The van der Waals surface area contributed by atoms with Crippen LogP contribution in [0.4, 0.5) is 5.82 Å². The summed E-state index contributed by atoms with van der Waals surface area (Å²) in [6, 6.07) is 8.20. The van der Waals surface area contributed by atoms with Crippen LogP contribution in [0.1, 0.15) is 6.92 Å². The zero-order valence-electron chi connectivity index (χ0n) is 12.1. The Bertz CT molecular complexity index is 616. The molecule has 1 fully saturated rings. The summed E-state index contributed by atoms with van der Waals surface area (Å²) in [5.74, 6) is 0.788. The van der Waals surface area contributed by atoms with Crippen LogP contribution in [0.15, 0.2) is 24.3 Å². The minimum Gasteiger partial charge on any atom is -0.379 e. The highest BCUT2D eigenvalue weighted by molar-refractivity contribution is 6.34. The predicted octanol–water partition coefficient (Wildman–Crippen LogP) is 2.42. The molecule has 1 aliphatic heterocycles. The van der Waals surface area contributed by atoms with Crippen LogP contribution < -0.4 is 5.32 Å². The van der Waals surface area contributed by atoms with Gasteiger partial charge in [-0.2, -0.15) is 0 Å². The van der Waals surface area contributed by atoms with Gasteiger partial charge >= 0.3 is 0 Å². The molecular formula is C15H19ClN4O. The lowest BCUT2D eigenvalue weighted by Crippen LogP contribution is -2.42. The molecule has 0 saturated carbocycles. The number of fused-ring (bicyclic) bond motifs is 1. The number of hydrogen-bond donors (Lipinski definition) is 1. The van der Waals surface area contributed by atoms with Gasteiger partial charge in [0.05, 0.1) is 13.2 Å². The molecule has 1 saturated heterocycles.